The van der Waals surface area contributed by atoms with Gasteiger partial charge in [0.1, 0.15) is 5.54 Å². The average Bonchev–Trinajstić information content (AvgIpc) is 2.86. The Labute approximate surface area is 181 Å². The molecule has 0 saturated heterocycles. The molecule has 0 unspecified atom stereocenters. The number of aliphatic imine (C=N–C) groups is 1. The van der Waals surface area contributed by atoms with Crippen LogP contribution in [0.3, 0.4) is 0 Å². The van der Waals surface area contributed by atoms with Gasteiger partial charge in [-0.15, -0.1) is 0 Å². The molecule has 2 saturated carbocycles. The van der Waals surface area contributed by atoms with Crippen molar-refractivity contribution < 1.29 is 0 Å². The van der Waals surface area contributed by atoms with Crippen molar-refractivity contribution in [2.24, 2.45) is 10.9 Å². The van der Waals surface area contributed by atoms with E-state index in [0.717, 1.165) is 5.70 Å². The second kappa shape index (κ2) is 8.79. The van der Waals surface area contributed by atoms with Crippen LogP contribution in [0.2, 0.25) is 0 Å². The zero-order chi connectivity index (χ0) is 20.2. The van der Waals surface area contributed by atoms with E-state index in [1.165, 1.54) is 75.3 Å². The van der Waals surface area contributed by atoms with Gasteiger partial charge in [0.15, 0.2) is 0 Å². The fourth-order valence-corrected chi connectivity index (χ4v) is 6.05. The lowest BCUT2D eigenvalue weighted by Gasteiger charge is -2.53. The zero-order valence-corrected chi connectivity index (χ0v) is 18.0. The summed E-state index contributed by atoms with van der Waals surface area (Å²) < 4.78 is 0. The lowest BCUT2D eigenvalue weighted by molar-refractivity contribution is 0.0601. The van der Waals surface area contributed by atoms with Crippen molar-refractivity contribution in [2.45, 2.75) is 75.8 Å². The lowest BCUT2D eigenvalue weighted by atomic mass is 9.69. The van der Waals surface area contributed by atoms with Gasteiger partial charge in [0.05, 0.1) is 5.70 Å². The highest BCUT2D eigenvalue weighted by Crippen LogP contribution is 2.47. The molecule has 0 aromatic heterocycles. The maximum absolute atomic E-state index is 5.14. The normalized spacial score (nSPS) is 25.9. The SMILES string of the molecule is C1=NC(c2ccccc2)=CN(C2CCCCC2)[C@]1(c1ccccc1)C1CCCCC1. The van der Waals surface area contributed by atoms with E-state index < -0.39 is 0 Å². The second-order valence-electron chi connectivity index (χ2n) is 9.36. The van der Waals surface area contributed by atoms with Gasteiger partial charge in [-0.25, -0.2) is 0 Å². The van der Waals surface area contributed by atoms with Crippen molar-refractivity contribution in [3.8, 4) is 0 Å². The molecule has 1 atom stereocenters. The molecule has 0 N–H and O–H groups in total. The summed E-state index contributed by atoms with van der Waals surface area (Å²) in [5.41, 5.74) is 3.65. The predicted molar refractivity (Wildman–Crippen MR) is 126 cm³/mol. The van der Waals surface area contributed by atoms with Crippen molar-refractivity contribution >= 4 is 11.9 Å². The molecule has 2 aliphatic carbocycles. The first kappa shape index (κ1) is 19.6. The van der Waals surface area contributed by atoms with Gasteiger partial charge in [0, 0.05) is 24.0 Å². The summed E-state index contributed by atoms with van der Waals surface area (Å²) in [5.74, 6) is 0.632. The molecular weight excluding hydrogens is 364 g/mol. The molecule has 2 heteroatoms. The summed E-state index contributed by atoms with van der Waals surface area (Å²) in [6, 6.07) is 22.6. The molecule has 2 nitrogen and oxygen atoms in total. The van der Waals surface area contributed by atoms with E-state index in [1.54, 1.807) is 0 Å². The summed E-state index contributed by atoms with van der Waals surface area (Å²) in [5, 5.41) is 0. The third-order valence-electron chi connectivity index (χ3n) is 7.59. The maximum atomic E-state index is 5.14. The Morgan fingerprint density at radius 2 is 1.30 bits per heavy atom. The molecule has 2 aromatic rings. The Balaban J connectivity index is 1.63. The molecule has 2 fully saturated rings. The molecule has 30 heavy (non-hydrogen) atoms. The van der Waals surface area contributed by atoms with Gasteiger partial charge in [0.25, 0.3) is 0 Å². The van der Waals surface area contributed by atoms with Crippen molar-refractivity contribution in [1.29, 1.82) is 0 Å². The molecule has 2 aromatic carbocycles. The molecule has 1 heterocycles. The number of hydrogen-bond donors (Lipinski definition) is 0. The fraction of sp³-hybridized carbons (Fsp3) is 0.464. The third-order valence-corrected chi connectivity index (χ3v) is 7.59. The second-order valence-corrected chi connectivity index (χ2v) is 9.36. The highest BCUT2D eigenvalue weighted by atomic mass is 15.2. The van der Waals surface area contributed by atoms with Gasteiger partial charge in [-0.3, -0.25) is 4.99 Å². The summed E-state index contributed by atoms with van der Waals surface area (Å²) in [6.45, 7) is 0. The lowest BCUT2D eigenvalue weighted by Crippen LogP contribution is -2.56. The first-order valence-electron chi connectivity index (χ1n) is 12.0. The molecule has 5 rings (SSSR count). The zero-order valence-electron chi connectivity index (χ0n) is 18.0. The van der Waals surface area contributed by atoms with Crippen LogP contribution in [0.15, 0.2) is 71.9 Å². The van der Waals surface area contributed by atoms with Crippen LogP contribution >= 0.6 is 0 Å². The van der Waals surface area contributed by atoms with Crippen LogP contribution in [-0.4, -0.2) is 17.2 Å². The summed E-state index contributed by atoms with van der Waals surface area (Å²) in [4.78, 5) is 7.92. The minimum Gasteiger partial charge on any atom is -0.358 e. The summed E-state index contributed by atoms with van der Waals surface area (Å²) >= 11 is 0. The smallest absolute Gasteiger partial charge is 0.103 e. The summed E-state index contributed by atoms with van der Waals surface area (Å²) in [7, 11) is 0. The molecule has 156 valence electrons. The monoisotopic (exact) mass is 398 g/mol. The van der Waals surface area contributed by atoms with Crippen molar-refractivity contribution in [1.82, 2.24) is 4.90 Å². The van der Waals surface area contributed by atoms with Crippen LogP contribution in [0, 0.1) is 5.92 Å². The van der Waals surface area contributed by atoms with Gasteiger partial charge >= 0.3 is 0 Å². The minimum atomic E-state index is -0.109. The molecule has 0 radical (unpaired) electrons. The minimum absolute atomic E-state index is 0.109. The third kappa shape index (κ3) is 3.62. The van der Waals surface area contributed by atoms with Gasteiger partial charge in [-0.05, 0) is 37.2 Å². The number of rotatable bonds is 4. The molecule has 1 aliphatic heterocycles. The van der Waals surface area contributed by atoms with Gasteiger partial charge in [-0.2, -0.15) is 0 Å². The highest BCUT2D eigenvalue weighted by Gasteiger charge is 2.47. The molecule has 0 amide bonds. The summed E-state index contributed by atoms with van der Waals surface area (Å²) in [6.07, 6.45) is 18.1. The maximum Gasteiger partial charge on any atom is 0.103 e. The van der Waals surface area contributed by atoms with E-state index in [0.29, 0.717) is 12.0 Å². The van der Waals surface area contributed by atoms with Gasteiger partial charge < -0.3 is 4.90 Å². The van der Waals surface area contributed by atoms with Crippen LogP contribution in [0.25, 0.3) is 5.70 Å². The Bertz CT molecular complexity index is 873. The number of benzene rings is 2. The van der Waals surface area contributed by atoms with Crippen LogP contribution in [0.5, 0.6) is 0 Å². The quantitative estimate of drug-likeness (QED) is 0.532. The predicted octanol–water partition coefficient (Wildman–Crippen LogP) is 7.18. The Morgan fingerprint density at radius 3 is 1.97 bits per heavy atom. The highest BCUT2D eigenvalue weighted by molar-refractivity contribution is 5.84. The molecule has 0 spiro atoms. The van der Waals surface area contributed by atoms with Crippen LogP contribution in [-0.2, 0) is 5.54 Å². The van der Waals surface area contributed by atoms with E-state index in [2.05, 4.69) is 78.0 Å². The molecule has 0 bridgehead atoms. The van der Waals surface area contributed by atoms with Gasteiger partial charge in [-0.1, -0.05) is 99.2 Å². The number of nitrogens with zero attached hydrogens (tertiary/aromatic N) is 2. The van der Waals surface area contributed by atoms with Crippen molar-refractivity contribution in [3.63, 3.8) is 0 Å². The largest absolute Gasteiger partial charge is 0.358 e. The Kier molecular flexibility index (Phi) is 5.75. The molecular formula is C28H34N2. The number of hydrogen-bond acceptors (Lipinski definition) is 2. The van der Waals surface area contributed by atoms with E-state index >= 15 is 0 Å². The fourth-order valence-electron chi connectivity index (χ4n) is 6.05. The average molecular weight is 399 g/mol. The first-order valence-corrected chi connectivity index (χ1v) is 12.0. The van der Waals surface area contributed by atoms with Crippen molar-refractivity contribution in [2.75, 3.05) is 0 Å². The standard InChI is InChI=1S/C28H34N2/c1-5-13-23(14-6-1)27-21-30(26-19-11-4-12-20-26)28(22-29-27,24-15-7-2-8-16-24)25-17-9-3-10-18-25/h1-2,5-8,13-16,21-22,25-26H,3-4,9-12,17-20H2/t28-/m1/s1. The van der Waals surface area contributed by atoms with E-state index in [4.69, 9.17) is 4.99 Å². The topological polar surface area (TPSA) is 15.6 Å². The van der Waals surface area contributed by atoms with Crippen molar-refractivity contribution in [3.05, 3.63) is 78.0 Å². The van der Waals surface area contributed by atoms with Crippen LogP contribution in [0.1, 0.15) is 75.3 Å². The van der Waals surface area contributed by atoms with Gasteiger partial charge in [0.2, 0.25) is 0 Å². The van der Waals surface area contributed by atoms with E-state index in [1.807, 2.05) is 0 Å². The first-order chi connectivity index (χ1) is 14.9. The van der Waals surface area contributed by atoms with E-state index in [9.17, 15) is 0 Å². The van der Waals surface area contributed by atoms with Crippen LogP contribution in [0.4, 0.5) is 0 Å². The Morgan fingerprint density at radius 1 is 0.700 bits per heavy atom. The Hall–Kier alpha value is -2.35. The van der Waals surface area contributed by atoms with Crippen LogP contribution < -0.4 is 0 Å². The molecule has 3 aliphatic rings. The van der Waals surface area contributed by atoms with E-state index in [-0.39, 0.29) is 5.54 Å².